The zero-order valence-corrected chi connectivity index (χ0v) is 12.0. The van der Waals surface area contributed by atoms with Crippen molar-refractivity contribution in [3.8, 4) is 5.75 Å². The number of hydrogen-bond donors (Lipinski definition) is 2. The fourth-order valence-corrected chi connectivity index (χ4v) is 3.24. The van der Waals surface area contributed by atoms with Crippen molar-refractivity contribution < 1.29 is 19.7 Å². The molecule has 0 aliphatic heterocycles. The third kappa shape index (κ3) is 2.94. The van der Waals surface area contributed by atoms with Crippen molar-refractivity contribution in [2.75, 3.05) is 7.11 Å². The predicted molar refractivity (Wildman–Crippen MR) is 71.0 cm³/mol. The Morgan fingerprint density at radius 3 is 2.53 bits per heavy atom. The van der Waals surface area contributed by atoms with Crippen LogP contribution in [-0.2, 0) is 4.79 Å². The molecule has 1 aromatic carbocycles. The second-order valence-corrected chi connectivity index (χ2v) is 5.16. The number of benzene rings is 1. The van der Waals surface area contributed by atoms with Crippen LogP contribution in [0.3, 0.4) is 0 Å². The number of aliphatic carboxylic acids is 1. The summed E-state index contributed by atoms with van der Waals surface area (Å²) in [5.74, 6) is -0.878. The molecule has 1 unspecified atom stereocenters. The summed E-state index contributed by atoms with van der Waals surface area (Å²) >= 11 is 4.09. The molecule has 6 heteroatoms. The van der Waals surface area contributed by atoms with Crippen molar-refractivity contribution in [3.05, 3.63) is 24.8 Å². The van der Waals surface area contributed by atoms with Crippen LogP contribution < -0.4 is 4.74 Å². The van der Waals surface area contributed by atoms with E-state index in [9.17, 15) is 9.90 Å². The molecule has 1 aromatic rings. The number of ether oxygens (including phenoxy) is 1. The van der Waals surface area contributed by atoms with Gasteiger partial charge in [-0.25, -0.2) is 4.79 Å². The van der Waals surface area contributed by atoms with Gasteiger partial charge in [0.2, 0.25) is 0 Å². The highest BCUT2D eigenvalue weighted by Gasteiger charge is 2.22. The first-order chi connectivity index (χ1) is 6.97. The summed E-state index contributed by atoms with van der Waals surface area (Å²) in [7, 11) is 1.45. The Kier molecular flexibility index (Phi) is 4.59. The Hall–Kier alpha value is -0.0900. The minimum Gasteiger partial charge on any atom is -0.495 e. The van der Waals surface area contributed by atoms with E-state index in [1.54, 1.807) is 6.07 Å². The first-order valence-corrected chi connectivity index (χ1v) is 6.07. The number of halogens is 2. The Labute approximate surface area is 114 Å². The third-order valence-electron chi connectivity index (χ3n) is 1.77. The van der Waals surface area contributed by atoms with Crippen molar-refractivity contribution in [1.29, 1.82) is 0 Å². The molecule has 2 N–H and O–H groups in total. The van der Waals surface area contributed by atoms with E-state index >= 15 is 0 Å². The molecule has 4 nitrogen and oxygen atoms in total. The lowest BCUT2D eigenvalue weighted by molar-refractivity contribution is -0.147. The van der Waals surface area contributed by atoms with E-state index < -0.39 is 12.1 Å². The van der Waals surface area contributed by atoms with Crippen LogP contribution in [0, 0.1) is 7.14 Å². The topological polar surface area (TPSA) is 66.8 Å². The van der Waals surface area contributed by atoms with Gasteiger partial charge in [0, 0.05) is 9.13 Å². The van der Waals surface area contributed by atoms with Gasteiger partial charge in [-0.3, -0.25) is 0 Å². The molecule has 0 heterocycles. The minimum atomic E-state index is -1.55. The monoisotopic (exact) mass is 434 g/mol. The van der Waals surface area contributed by atoms with Gasteiger partial charge in [-0.05, 0) is 57.3 Å². The lowest BCUT2D eigenvalue weighted by Crippen LogP contribution is -2.12. The first kappa shape index (κ1) is 13.0. The van der Waals surface area contributed by atoms with E-state index in [0.29, 0.717) is 5.75 Å². The average Bonchev–Trinajstić information content (AvgIpc) is 2.15. The summed E-state index contributed by atoms with van der Waals surface area (Å²) < 4.78 is 6.70. The quantitative estimate of drug-likeness (QED) is 0.716. The standard InChI is InChI=1S/C9H8I2O4/c1-15-8-5(7(12)9(13)14)2-4(10)3-6(8)11/h2-3,7,12H,1H3,(H,13,14). The SMILES string of the molecule is COc1c(I)cc(I)cc1C(O)C(=O)O. The van der Waals surface area contributed by atoms with Gasteiger partial charge in [0.05, 0.1) is 10.7 Å². The summed E-state index contributed by atoms with van der Waals surface area (Å²) in [6, 6.07) is 3.44. The number of methoxy groups -OCH3 is 1. The minimum absolute atomic E-state index is 0.279. The second-order valence-electron chi connectivity index (χ2n) is 2.75. The number of rotatable bonds is 3. The zero-order chi connectivity index (χ0) is 11.6. The smallest absolute Gasteiger partial charge is 0.337 e. The fraction of sp³-hybridized carbons (Fsp3) is 0.222. The molecule has 0 fully saturated rings. The normalized spacial score (nSPS) is 12.3. The second kappa shape index (κ2) is 5.30. The first-order valence-electron chi connectivity index (χ1n) is 3.91. The highest BCUT2D eigenvalue weighted by atomic mass is 127. The molecule has 0 saturated carbocycles. The van der Waals surface area contributed by atoms with E-state index in [-0.39, 0.29) is 5.56 Å². The van der Waals surface area contributed by atoms with Crippen LogP contribution in [-0.4, -0.2) is 23.3 Å². The molecule has 0 bridgehead atoms. The van der Waals surface area contributed by atoms with Gasteiger partial charge < -0.3 is 14.9 Å². The fourth-order valence-electron chi connectivity index (χ4n) is 1.13. The molecule has 15 heavy (non-hydrogen) atoms. The van der Waals surface area contributed by atoms with E-state index in [0.717, 1.165) is 7.14 Å². The van der Waals surface area contributed by atoms with Crippen LogP contribution in [0.5, 0.6) is 5.75 Å². The largest absolute Gasteiger partial charge is 0.495 e. The van der Waals surface area contributed by atoms with Gasteiger partial charge in [0.25, 0.3) is 0 Å². The maximum absolute atomic E-state index is 10.7. The average molecular weight is 434 g/mol. The van der Waals surface area contributed by atoms with Crippen LogP contribution in [0.25, 0.3) is 0 Å². The van der Waals surface area contributed by atoms with Crippen LogP contribution in [0.4, 0.5) is 0 Å². The van der Waals surface area contributed by atoms with Crippen molar-refractivity contribution in [1.82, 2.24) is 0 Å². The van der Waals surface area contributed by atoms with Gasteiger partial charge in [0.15, 0.2) is 6.10 Å². The summed E-state index contributed by atoms with van der Waals surface area (Å²) in [6.07, 6.45) is -1.55. The Morgan fingerprint density at radius 1 is 1.47 bits per heavy atom. The lowest BCUT2D eigenvalue weighted by atomic mass is 10.1. The van der Waals surface area contributed by atoms with Crippen molar-refractivity contribution in [3.63, 3.8) is 0 Å². The van der Waals surface area contributed by atoms with Crippen molar-refractivity contribution >= 4 is 51.2 Å². The molecule has 1 rings (SSSR count). The van der Waals surface area contributed by atoms with Crippen LogP contribution in [0.1, 0.15) is 11.7 Å². The highest BCUT2D eigenvalue weighted by molar-refractivity contribution is 14.1. The summed E-state index contributed by atoms with van der Waals surface area (Å²) in [5.41, 5.74) is 0.279. The summed E-state index contributed by atoms with van der Waals surface area (Å²) in [5, 5.41) is 18.2. The summed E-state index contributed by atoms with van der Waals surface area (Å²) in [6.45, 7) is 0. The molecule has 0 aliphatic rings. The summed E-state index contributed by atoms with van der Waals surface area (Å²) in [4.78, 5) is 10.7. The molecule has 1 atom stereocenters. The Morgan fingerprint density at radius 2 is 2.07 bits per heavy atom. The number of carbonyl (C=O) groups is 1. The molecular formula is C9H8I2O4. The Balaban J connectivity index is 3.32. The molecule has 0 amide bonds. The predicted octanol–water partition coefficient (Wildman–Crippen LogP) is 2.02. The van der Waals surface area contributed by atoms with Crippen LogP contribution >= 0.6 is 45.2 Å². The maximum atomic E-state index is 10.7. The van der Waals surface area contributed by atoms with Crippen LogP contribution in [0.2, 0.25) is 0 Å². The lowest BCUT2D eigenvalue weighted by Gasteiger charge is -2.13. The van der Waals surface area contributed by atoms with Crippen molar-refractivity contribution in [2.45, 2.75) is 6.10 Å². The van der Waals surface area contributed by atoms with Gasteiger partial charge in [-0.1, -0.05) is 0 Å². The third-order valence-corrected chi connectivity index (χ3v) is 3.19. The number of carboxylic acid groups (broad SMARTS) is 1. The molecule has 82 valence electrons. The van der Waals surface area contributed by atoms with Crippen LogP contribution in [0.15, 0.2) is 12.1 Å². The molecular weight excluding hydrogens is 426 g/mol. The molecule has 0 spiro atoms. The molecule has 0 saturated heterocycles. The number of hydrogen-bond acceptors (Lipinski definition) is 3. The van der Waals surface area contributed by atoms with Gasteiger partial charge in [0.1, 0.15) is 5.75 Å². The highest BCUT2D eigenvalue weighted by Crippen LogP contribution is 2.32. The van der Waals surface area contributed by atoms with Gasteiger partial charge in [-0.2, -0.15) is 0 Å². The number of aliphatic hydroxyl groups is 1. The number of aliphatic hydroxyl groups excluding tert-OH is 1. The van der Waals surface area contributed by atoms with E-state index in [4.69, 9.17) is 9.84 Å². The van der Waals surface area contributed by atoms with Gasteiger partial charge >= 0.3 is 5.97 Å². The van der Waals surface area contributed by atoms with Crippen molar-refractivity contribution in [2.24, 2.45) is 0 Å². The van der Waals surface area contributed by atoms with Gasteiger partial charge in [-0.15, -0.1) is 0 Å². The molecule has 0 aromatic heterocycles. The maximum Gasteiger partial charge on any atom is 0.337 e. The van der Waals surface area contributed by atoms with E-state index in [1.807, 2.05) is 28.7 Å². The molecule has 0 aliphatic carbocycles. The van der Waals surface area contributed by atoms with E-state index in [1.165, 1.54) is 7.11 Å². The number of carboxylic acids is 1. The Bertz CT molecular complexity index is 392. The van der Waals surface area contributed by atoms with E-state index in [2.05, 4.69) is 22.6 Å². The molecule has 0 radical (unpaired) electrons. The zero-order valence-electron chi connectivity index (χ0n) is 7.70.